The lowest BCUT2D eigenvalue weighted by atomic mass is 10.4. The van der Waals surface area contributed by atoms with Crippen LogP contribution in [0.2, 0.25) is 0 Å². The number of hydrogen-bond acceptors (Lipinski definition) is 3. The monoisotopic (exact) mass is 242 g/mol. The molecule has 0 atom stereocenters. The molecule has 0 spiro atoms. The highest BCUT2D eigenvalue weighted by Crippen LogP contribution is 1.93. The Hall–Kier alpha value is -1.39. The van der Waals surface area contributed by atoms with Crippen LogP contribution >= 0.6 is 0 Å². The van der Waals surface area contributed by atoms with Crippen LogP contribution in [0.1, 0.15) is 27.7 Å². The zero-order valence-electron chi connectivity index (χ0n) is 10.9. The van der Waals surface area contributed by atoms with E-state index in [2.05, 4.69) is 0 Å². The molecule has 0 heterocycles. The van der Waals surface area contributed by atoms with E-state index in [1.54, 1.807) is 0 Å². The Morgan fingerprint density at radius 3 is 1.12 bits per heavy atom. The molecule has 17 heavy (non-hydrogen) atoms. The van der Waals surface area contributed by atoms with Gasteiger partial charge in [0.25, 0.3) is 6.47 Å². The van der Waals surface area contributed by atoms with Crippen molar-refractivity contribution in [2.45, 2.75) is 39.9 Å². The Bertz CT molecular complexity index is 200. The van der Waals surface area contributed by atoms with Gasteiger partial charge in [-0.1, -0.05) is 36.4 Å². The fourth-order valence-corrected chi connectivity index (χ4v) is 0.607. The third-order valence-corrected chi connectivity index (χ3v) is 1.11. The molecule has 0 amide bonds. The van der Waals surface area contributed by atoms with Crippen molar-refractivity contribution in [3.63, 3.8) is 0 Å². The first-order valence-corrected chi connectivity index (χ1v) is 5.44. The largest absolute Gasteiger partial charge is 0.483 e. The molecule has 1 aromatic rings. The van der Waals surface area contributed by atoms with Crippen LogP contribution in [0, 0.1) is 0 Å². The number of carboxylic acid groups (broad SMARTS) is 1. The molecule has 0 aromatic heterocycles. The van der Waals surface area contributed by atoms with Crippen LogP contribution in [0.4, 0.5) is 0 Å². The zero-order valence-corrected chi connectivity index (χ0v) is 10.9. The summed E-state index contributed by atoms with van der Waals surface area (Å²) < 4.78 is 0. The quantitative estimate of drug-likeness (QED) is 0.502. The van der Waals surface area contributed by atoms with Crippen LogP contribution < -0.4 is 0 Å². The average molecular weight is 242 g/mol. The number of hydrogen-bond donors (Lipinski definition) is 1. The summed E-state index contributed by atoms with van der Waals surface area (Å²) in [4.78, 5) is 18.0. The fourth-order valence-electron chi connectivity index (χ4n) is 0.607. The average Bonchev–Trinajstić information content (AvgIpc) is 2.30. The molecule has 0 aliphatic rings. The molecular weight excluding hydrogens is 220 g/mol. The zero-order chi connectivity index (χ0) is 13.5. The molecule has 0 radical (unpaired) electrons. The first-order valence-electron chi connectivity index (χ1n) is 5.44. The summed E-state index contributed by atoms with van der Waals surface area (Å²) in [5.74, 6) is 0. The van der Waals surface area contributed by atoms with Gasteiger partial charge in [-0.05, 0) is 27.7 Å². The topological polar surface area (TPSA) is 55.8 Å². The maximum absolute atomic E-state index is 8.36. The third-order valence-electron chi connectivity index (χ3n) is 1.11. The third kappa shape index (κ3) is 25.2. The minimum atomic E-state index is -0.250. The van der Waals surface area contributed by atoms with Gasteiger partial charge in [0, 0.05) is 0 Å². The van der Waals surface area contributed by atoms with Gasteiger partial charge in [0.2, 0.25) is 0 Å². The molecule has 0 aliphatic carbocycles. The van der Waals surface area contributed by atoms with E-state index in [0.29, 0.717) is 0 Å². The van der Waals surface area contributed by atoms with Crippen molar-refractivity contribution >= 4 is 6.47 Å². The number of benzene rings is 1. The van der Waals surface area contributed by atoms with Gasteiger partial charge in [-0.15, -0.1) is 0 Å². The molecule has 4 heteroatoms. The van der Waals surface area contributed by atoms with Crippen molar-refractivity contribution in [1.82, 2.24) is 0 Å². The second kappa shape index (κ2) is 14.6. The van der Waals surface area contributed by atoms with E-state index in [-0.39, 0.29) is 18.7 Å². The van der Waals surface area contributed by atoms with Crippen molar-refractivity contribution in [3.05, 3.63) is 36.4 Å². The van der Waals surface area contributed by atoms with Crippen LogP contribution in [0.3, 0.4) is 0 Å². The fraction of sp³-hybridized carbons (Fsp3) is 0.462. The summed E-state index contributed by atoms with van der Waals surface area (Å²) in [5, 5.41) is 6.89. The van der Waals surface area contributed by atoms with Gasteiger partial charge in [-0.2, -0.15) is 0 Å². The summed E-state index contributed by atoms with van der Waals surface area (Å²) >= 11 is 0. The second-order valence-electron chi connectivity index (χ2n) is 3.55. The van der Waals surface area contributed by atoms with Gasteiger partial charge in [0.05, 0.1) is 12.2 Å². The van der Waals surface area contributed by atoms with Crippen LogP contribution in [0.25, 0.3) is 0 Å². The predicted octanol–water partition coefficient (Wildman–Crippen LogP) is 3.14. The smallest absolute Gasteiger partial charge is 0.290 e. The maximum atomic E-state index is 8.36. The molecule has 0 bridgehead atoms. The van der Waals surface area contributed by atoms with Crippen molar-refractivity contribution in [2.75, 3.05) is 0 Å². The molecule has 0 saturated carbocycles. The molecule has 4 nitrogen and oxygen atoms in total. The van der Waals surface area contributed by atoms with Gasteiger partial charge < -0.3 is 5.11 Å². The lowest BCUT2D eigenvalue weighted by Gasteiger charge is -2.08. The van der Waals surface area contributed by atoms with Gasteiger partial charge in [-0.3, -0.25) is 4.79 Å². The number of carbonyl (C=O) groups is 1. The highest BCUT2D eigenvalue weighted by molar-refractivity contribution is 5.32. The molecule has 98 valence electrons. The standard InChI is InChI=1S/C6H14O2.C6H6.CH2O2/c1-5(2)7-8-6(3)4;1-2-4-6-5-3-1;2-1-3/h5-6H,1-4H3;1-6H;1H,(H,2,3). The Kier molecular flexibility index (Phi) is 15.5. The molecule has 0 saturated heterocycles. The van der Waals surface area contributed by atoms with E-state index >= 15 is 0 Å². The van der Waals surface area contributed by atoms with Crippen LogP contribution in [-0.2, 0) is 14.6 Å². The molecule has 1 N–H and O–H groups in total. The summed E-state index contributed by atoms with van der Waals surface area (Å²) in [6.45, 7) is 7.48. The highest BCUT2D eigenvalue weighted by atomic mass is 17.2. The van der Waals surface area contributed by atoms with E-state index in [9.17, 15) is 0 Å². The van der Waals surface area contributed by atoms with E-state index in [4.69, 9.17) is 19.7 Å². The molecule has 1 aromatic carbocycles. The summed E-state index contributed by atoms with van der Waals surface area (Å²) in [6.07, 6.45) is 0.329. The van der Waals surface area contributed by atoms with E-state index < -0.39 is 0 Å². The predicted molar refractivity (Wildman–Crippen MR) is 67.6 cm³/mol. The highest BCUT2D eigenvalue weighted by Gasteiger charge is 1.95. The van der Waals surface area contributed by atoms with Crippen LogP contribution in [0.5, 0.6) is 0 Å². The van der Waals surface area contributed by atoms with Crippen molar-refractivity contribution in [2.24, 2.45) is 0 Å². The lowest BCUT2D eigenvalue weighted by molar-refractivity contribution is -0.337. The normalized spacial score (nSPS) is 8.82. The van der Waals surface area contributed by atoms with Gasteiger partial charge >= 0.3 is 0 Å². The molecule has 0 unspecified atom stereocenters. The summed E-state index contributed by atoms with van der Waals surface area (Å²) in [7, 11) is 0. The van der Waals surface area contributed by atoms with Crippen LogP contribution in [0.15, 0.2) is 36.4 Å². The van der Waals surface area contributed by atoms with Crippen molar-refractivity contribution in [3.8, 4) is 0 Å². The summed E-state index contributed by atoms with van der Waals surface area (Å²) in [5.41, 5.74) is 0. The van der Waals surface area contributed by atoms with Gasteiger partial charge in [-0.25, -0.2) is 9.78 Å². The molecule has 0 aliphatic heterocycles. The second-order valence-corrected chi connectivity index (χ2v) is 3.55. The summed E-state index contributed by atoms with van der Waals surface area (Å²) in [6, 6.07) is 12.0. The number of rotatable bonds is 3. The Balaban J connectivity index is 0. The Morgan fingerprint density at radius 1 is 0.824 bits per heavy atom. The minimum absolute atomic E-state index is 0.164. The minimum Gasteiger partial charge on any atom is -0.483 e. The maximum Gasteiger partial charge on any atom is 0.290 e. The van der Waals surface area contributed by atoms with E-state index in [1.165, 1.54) is 0 Å². The Labute approximate surface area is 103 Å². The van der Waals surface area contributed by atoms with E-state index in [1.807, 2.05) is 64.1 Å². The van der Waals surface area contributed by atoms with Crippen molar-refractivity contribution in [1.29, 1.82) is 0 Å². The van der Waals surface area contributed by atoms with Gasteiger partial charge in [0.1, 0.15) is 0 Å². The molecular formula is C13H22O4. The van der Waals surface area contributed by atoms with E-state index in [0.717, 1.165) is 0 Å². The Morgan fingerprint density at radius 2 is 1.00 bits per heavy atom. The molecule has 0 fully saturated rings. The van der Waals surface area contributed by atoms with Crippen LogP contribution in [-0.4, -0.2) is 23.8 Å². The SMILES string of the molecule is CC(C)OOC(C)C.O=CO.c1ccccc1. The first-order chi connectivity index (χ1) is 8.04. The first kappa shape index (κ1) is 18.0. The van der Waals surface area contributed by atoms with Crippen molar-refractivity contribution < 1.29 is 19.7 Å². The lowest BCUT2D eigenvalue weighted by Crippen LogP contribution is -2.08. The van der Waals surface area contributed by atoms with Gasteiger partial charge in [0.15, 0.2) is 0 Å². The molecule has 1 rings (SSSR count).